The number of carbonyl (C=O) groups excluding carboxylic acids is 1. The molecule has 0 saturated carbocycles. The number of benzene rings is 2. The van der Waals surface area contributed by atoms with E-state index in [0.29, 0.717) is 35.8 Å². The van der Waals surface area contributed by atoms with Gasteiger partial charge in [0, 0.05) is 36.9 Å². The second kappa shape index (κ2) is 8.51. The van der Waals surface area contributed by atoms with Gasteiger partial charge in [0.05, 0.1) is 10.6 Å². The van der Waals surface area contributed by atoms with Crippen molar-refractivity contribution in [2.24, 2.45) is 0 Å². The van der Waals surface area contributed by atoms with Crippen LogP contribution in [0.3, 0.4) is 0 Å². The Bertz CT molecular complexity index is 961. The summed E-state index contributed by atoms with van der Waals surface area (Å²) in [5, 5.41) is 3.33. The first-order chi connectivity index (χ1) is 13.3. The van der Waals surface area contributed by atoms with Crippen LogP contribution in [0.25, 0.3) is 0 Å². The Morgan fingerprint density at radius 1 is 1.25 bits per heavy atom. The second-order valence-corrected chi connectivity index (χ2v) is 9.01. The number of hydrogen-bond donors (Lipinski definition) is 1. The Kier molecular flexibility index (Phi) is 6.27. The highest BCUT2D eigenvalue weighted by Gasteiger charge is 2.36. The smallest absolute Gasteiger partial charge is 0.264 e. The van der Waals surface area contributed by atoms with Crippen LogP contribution in [0, 0.1) is 0 Å². The van der Waals surface area contributed by atoms with Crippen molar-refractivity contribution in [3.63, 3.8) is 0 Å². The SMILES string of the molecule is COCCCNC(=O)c1ccc2c(c1)C[C@@H](C)N2S(=O)(=O)c1ccc(Cl)cc1. The lowest BCUT2D eigenvalue weighted by Crippen LogP contribution is -2.35. The molecule has 8 heteroatoms. The highest BCUT2D eigenvalue weighted by Crippen LogP contribution is 2.37. The summed E-state index contributed by atoms with van der Waals surface area (Å²) in [5.41, 5.74) is 1.97. The fourth-order valence-electron chi connectivity index (χ4n) is 3.35. The van der Waals surface area contributed by atoms with Gasteiger partial charge in [-0.15, -0.1) is 0 Å². The largest absolute Gasteiger partial charge is 0.385 e. The van der Waals surface area contributed by atoms with Crippen LogP contribution in [0.2, 0.25) is 5.02 Å². The summed E-state index contributed by atoms with van der Waals surface area (Å²) in [6, 6.07) is 11.0. The summed E-state index contributed by atoms with van der Waals surface area (Å²) in [7, 11) is -2.09. The third-order valence-corrected chi connectivity index (χ3v) is 6.87. The van der Waals surface area contributed by atoms with Crippen molar-refractivity contribution in [3.8, 4) is 0 Å². The standard InChI is InChI=1S/C20H23ClN2O4S/c1-14-12-16-13-15(20(24)22-10-3-11-27-2)4-9-19(16)23(14)28(25,26)18-7-5-17(21)6-8-18/h4-9,13-14H,3,10-12H2,1-2H3,(H,22,24)/t14-/m1/s1. The van der Waals surface area contributed by atoms with Gasteiger partial charge in [-0.05, 0) is 67.8 Å². The number of amides is 1. The number of methoxy groups -OCH3 is 1. The molecular weight excluding hydrogens is 400 g/mol. The fourth-order valence-corrected chi connectivity index (χ4v) is 5.17. The lowest BCUT2D eigenvalue weighted by Gasteiger charge is -2.24. The van der Waals surface area contributed by atoms with Crippen LogP contribution in [-0.2, 0) is 21.2 Å². The molecular formula is C20H23ClN2O4S. The molecule has 0 spiro atoms. The number of halogens is 1. The minimum atomic E-state index is -3.71. The number of anilines is 1. The number of carbonyl (C=O) groups is 1. The van der Waals surface area contributed by atoms with E-state index in [-0.39, 0.29) is 16.8 Å². The minimum absolute atomic E-state index is 0.175. The number of sulfonamides is 1. The molecule has 1 aliphatic rings. The van der Waals surface area contributed by atoms with Crippen LogP contribution in [-0.4, -0.2) is 40.6 Å². The molecule has 0 unspecified atom stereocenters. The van der Waals surface area contributed by atoms with Gasteiger partial charge in [0.15, 0.2) is 0 Å². The number of fused-ring (bicyclic) bond motifs is 1. The van der Waals surface area contributed by atoms with E-state index in [1.807, 2.05) is 6.92 Å². The molecule has 150 valence electrons. The van der Waals surface area contributed by atoms with E-state index >= 15 is 0 Å². The molecule has 1 aliphatic heterocycles. The molecule has 6 nitrogen and oxygen atoms in total. The van der Waals surface area contributed by atoms with Gasteiger partial charge < -0.3 is 10.1 Å². The summed E-state index contributed by atoms with van der Waals surface area (Å²) < 4.78 is 32.7. The van der Waals surface area contributed by atoms with Gasteiger partial charge in [0.1, 0.15) is 0 Å². The Labute approximate surface area is 170 Å². The van der Waals surface area contributed by atoms with Crippen LogP contribution in [0.5, 0.6) is 0 Å². The van der Waals surface area contributed by atoms with Crippen molar-refractivity contribution in [3.05, 3.63) is 58.6 Å². The maximum atomic E-state index is 13.1. The Morgan fingerprint density at radius 2 is 1.96 bits per heavy atom. The van der Waals surface area contributed by atoms with Crippen LogP contribution in [0.1, 0.15) is 29.3 Å². The highest BCUT2D eigenvalue weighted by molar-refractivity contribution is 7.92. The first-order valence-corrected chi connectivity index (χ1v) is 10.9. The Hall–Kier alpha value is -2.09. The van der Waals surface area contributed by atoms with E-state index in [4.69, 9.17) is 16.3 Å². The molecule has 28 heavy (non-hydrogen) atoms. The van der Waals surface area contributed by atoms with Gasteiger partial charge in [-0.25, -0.2) is 8.42 Å². The van der Waals surface area contributed by atoms with Crippen molar-refractivity contribution in [2.75, 3.05) is 24.6 Å². The predicted octanol–water partition coefficient (Wildman–Crippen LogP) is 3.25. The van der Waals surface area contributed by atoms with E-state index < -0.39 is 10.0 Å². The molecule has 1 amide bonds. The molecule has 0 aromatic heterocycles. The normalized spacial score (nSPS) is 16.1. The number of rotatable bonds is 7. The van der Waals surface area contributed by atoms with E-state index in [1.165, 1.54) is 16.4 Å². The van der Waals surface area contributed by atoms with Gasteiger partial charge in [-0.2, -0.15) is 0 Å². The zero-order chi connectivity index (χ0) is 20.3. The molecule has 1 N–H and O–H groups in total. The predicted molar refractivity (Wildman–Crippen MR) is 110 cm³/mol. The van der Waals surface area contributed by atoms with E-state index in [1.54, 1.807) is 37.4 Å². The minimum Gasteiger partial charge on any atom is -0.385 e. The third-order valence-electron chi connectivity index (χ3n) is 4.68. The Morgan fingerprint density at radius 3 is 2.64 bits per heavy atom. The molecule has 0 bridgehead atoms. The molecule has 2 aromatic rings. The number of nitrogens with one attached hydrogen (secondary N) is 1. The first-order valence-electron chi connectivity index (χ1n) is 9.04. The summed E-state index contributed by atoms with van der Waals surface area (Å²) in [6.45, 7) is 2.97. The van der Waals surface area contributed by atoms with Gasteiger partial charge in [0.2, 0.25) is 0 Å². The van der Waals surface area contributed by atoms with Crippen molar-refractivity contribution in [1.29, 1.82) is 0 Å². The first kappa shape index (κ1) is 20.6. The van der Waals surface area contributed by atoms with Crippen molar-refractivity contribution < 1.29 is 17.9 Å². The van der Waals surface area contributed by atoms with Gasteiger partial charge >= 0.3 is 0 Å². The molecule has 2 aromatic carbocycles. The summed E-state index contributed by atoms with van der Waals surface area (Å²) in [4.78, 5) is 12.5. The lowest BCUT2D eigenvalue weighted by molar-refractivity contribution is 0.0948. The topological polar surface area (TPSA) is 75.7 Å². The molecule has 0 fully saturated rings. The maximum Gasteiger partial charge on any atom is 0.264 e. The zero-order valence-corrected chi connectivity index (χ0v) is 17.4. The van der Waals surface area contributed by atoms with Crippen LogP contribution in [0.4, 0.5) is 5.69 Å². The van der Waals surface area contributed by atoms with Crippen LogP contribution >= 0.6 is 11.6 Å². The number of ether oxygens (including phenoxy) is 1. The van der Waals surface area contributed by atoms with E-state index in [0.717, 1.165) is 12.0 Å². The molecule has 0 aliphatic carbocycles. The van der Waals surface area contributed by atoms with Crippen molar-refractivity contribution in [1.82, 2.24) is 5.32 Å². The highest BCUT2D eigenvalue weighted by atomic mass is 35.5. The summed E-state index contributed by atoms with van der Waals surface area (Å²) in [6.07, 6.45) is 1.28. The fraction of sp³-hybridized carbons (Fsp3) is 0.350. The number of hydrogen-bond acceptors (Lipinski definition) is 4. The zero-order valence-electron chi connectivity index (χ0n) is 15.8. The lowest BCUT2D eigenvalue weighted by atomic mass is 10.1. The molecule has 0 radical (unpaired) electrons. The molecule has 0 saturated heterocycles. The third kappa shape index (κ3) is 4.16. The van der Waals surface area contributed by atoms with Gasteiger partial charge in [0.25, 0.3) is 15.9 Å². The van der Waals surface area contributed by atoms with Crippen LogP contribution in [0.15, 0.2) is 47.4 Å². The molecule has 3 rings (SSSR count). The van der Waals surface area contributed by atoms with Gasteiger partial charge in [-0.1, -0.05) is 11.6 Å². The number of nitrogens with zero attached hydrogens (tertiary/aromatic N) is 1. The maximum absolute atomic E-state index is 13.1. The van der Waals surface area contributed by atoms with Crippen molar-refractivity contribution in [2.45, 2.75) is 30.7 Å². The Balaban J connectivity index is 1.84. The molecule has 1 atom stereocenters. The monoisotopic (exact) mass is 422 g/mol. The summed E-state index contributed by atoms with van der Waals surface area (Å²) in [5.74, 6) is -0.175. The van der Waals surface area contributed by atoms with Crippen molar-refractivity contribution >= 4 is 33.2 Å². The van der Waals surface area contributed by atoms with Crippen LogP contribution < -0.4 is 9.62 Å². The van der Waals surface area contributed by atoms with E-state index in [9.17, 15) is 13.2 Å². The molecule has 1 heterocycles. The van der Waals surface area contributed by atoms with Gasteiger partial charge in [-0.3, -0.25) is 9.10 Å². The average molecular weight is 423 g/mol. The second-order valence-electron chi connectivity index (χ2n) is 6.75. The average Bonchev–Trinajstić information content (AvgIpc) is 3.01. The van der Waals surface area contributed by atoms with E-state index in [2.05, 4.69) is 5.32 Å². The quantitative estimate of drug-likeness (QED) is 0.695. The summed E-state index contributed by atoms with van der Waals surface area (Å²) >= 11 is 5.88.